The second-order valence-corrected chi connectivity index (χ2v) is 16.3. The highest BCUT2D eigenvalue weighted by atomic mass is 79.9. The van der Waals surface area contributed by atoms with Crippen LogP contribution in [0.25, 0.3) is 11.0 Å². The molecule has 3 aliphatic heterocycles. The molecule has 44 heavy (non-hydrogen) atoms. The SMILES string of the molecule is CN1CCC(N2CCN3c4ccc(Nc5ncc(Br)c(Nc6ccc7nccnc7c6P(C)(C)=O)n5)cc4OC[C@@H]3C2)CC1. The summed E-state index contributed by atoms with van der Waals surface area (Å²) in [5.41, 5.74) is 3.97. The smallest absolute Gasteiger partial charge is 0.229 e. The highest BCUT2D eigenvalue weighted by molar-refractivity contribution is 9.10. The van der Waals surface area contributed by atoms with Crippen LogP contribution in [0.5, 0.6) is 5.75 Å². The van der Waals surface area contributed by atoms with Gasteiger partial charge in [-0.05, 0) is 86.5 Å². The topological polar surface area (TPSA) is 112 Å². The molecular formula is C31H37BrN9O2P. The van der Waals surface area contributed by atoms with Crippen LogP contribution in [0.2, 0.25) is 0 Å². The summed E-state index contributed by atoms with van der Waals surface area (Å²) in [6.45, 7) is 9.67. The number of hydrogen-bond acceptors (Lipinski definition) is 11. The minimum atomic E-state index is -2.72. The van der Waals surface area contributed by atoms with Gasteiger partial charge in [-0.3, -0.25) is 14.9 Å². The van der Waals surface area contributed by atoms with E-state index in [0.717, 1.165) is 36.8 Å². The van der Waals surface area contributed by atoms with Crippen LogP contribution in [0.4, 0.5) is 28.8 Å². The fourth-order valence-corrected chi connectivity index (χ4v) is 8.28. The van der Waals surface area contributed by atoms with Crippen molar-refractivity contribution in [1.29, 1.82) is 0 Å². The van der Waals surface area contributed by atoms with Gasteiger partial charge in [0.2, 0.25) is 5.95 Å². The Morgan fingerprint density at radius 2 is 1.80 bits per heavy atom. The van der Waals surface area contributed by atoms with Crippen LogP contribution in [0, 0.1) is 0 Å². The summed E-state index contributed by atoms with van der Waals surface area (Å²) in [6.07, 6.45) is 7.45. The van der Waals surface area contributed by atoms with E-state index < -0.39 is 7.14 Å². The first kappa shape index (κ1) is 29.4. The molecular weight excluding hydrogens is 641 g/mol. The molecule has 230 valence electrons. The van der Waals surface area contributed by atoms with Crippen molar-refractivity contribution in [2.45, 2.75) is 24.9 Å². The zero-order valence-electron chi connectivity index (χ0n) is 25.2. The highest BCUT2D eigenvalue weighted by Gasteiger charge is 2.36. The summed E-state index contributed by atoms with van der Waals surface area (Å²) in [6, 6.07) is 11.0. The zero-order valence-corrected chi connectivity index (χ0v) is 27.7. The van der Waals surface area contributed by atoms with Gasteiger partial charge in [0.15, 0.2) is 0 Å². The Bertz CT molecular complexity index is 1740. The third kappa shape index (κ3) is 5.88. The van der Waals surface area contributed by atoms with Gasteiger partial charge in [0.05, 0.1) is 32.7 Å². The largest absolute Gasteiger partial charge is 0.489 e. The van der Waals surface area contributed by atoms with Gasteiger partial charge in [0, 0.05) is 56.0 Å². The minimum absolute atomic E-state index is 0.366. The molecule has 0 saturated carbocycles. The molecule has 0 spiro atoms. The van der Waals surface area contributed by atoms with Crippen molar-refractivity contribution in [2.75, 3.05) is 75.2 Å². The minimum Gasteiger partial charge on any atom is -0.489 e. The number of likely N-dealkylation sites (tertiary alicyclic amines) is 1. The molecule has 2 aromatic carbocycles. The number of fused-ring (bicyclic) bond motifs is 4. The Balaban J connectivity index is 1.08. The predicted octanol–water partition coefficient (Wildman–Crippen LogP) is 4.89. The number of benzene rings is 2. The van der Waals surface area contributed by atoms with Crippen molar-refractivity contribution in [3.63, 3.8) is 0 Å². The van der Waals surface area contributed by atoms with E-state index in [1.807, 2.05) is 18.2 Å². The van der Waals surface area contributed by atoms with Crippen molar-refractivity contribution in [2.24, 2.45) is 0 Å². The lowest BCUT2D eigenvalue weighted by atomic mass is 10.00. The van der Waals surface area contributed by atoms with Gasteiger partial charge >= 0.3 is 0 Å². The van der Waals surface area contributed by atoms with E-state index in [1.54, 1.807) is 31.9 Å². The number of hydrogen-bond donors (Lipinski definition) is 2. The molecule has 2 aromatic heterocycles. The number of anilines is 5. The van der Waals surface area contributed by atoms with Crippen molar-refractivity contribution < 1.29 is 9.30 Å². The lowest BCUT2D eigenvalue weighted by Gasteiger charge is -2.48. The van der Waals surface area contributed by atoms with E-state index in [0.29, 0.717) is 57.0 Å². The number of aromatic nitrogens is 4. The summed E-state index contributed by atoms with van der Waals surface area (Å²) >= 11 is 3.57. The number of ether oxygens (including phenoxy) is 1. The molecule has 0 amide bonds. The molecule has 5 heterocycles. The standard InChI is InChI=1S/C31H37BrN9O2P/c1-39-12-8-21(9-13-39)40-14-15-41-22(18-40)19-43-27-16-20(4-7-26(27)41)36-31-35-17-23(32)30(38-31)37-25-6-5-24-28(34-11-10-33-24)29(25)44(2,3)42/h4-7,10-11,16-17,21-22H,8-9,12-15,18-19H2,1-3H3,(H2,35,36,37,38)/t22-/m0/s1. The summed E-state index contributed by atoms with van der Waals surface area (Å²) in [7, 11) is -0.497. The van der Waals surface area contributed by atoms with Crippen LogP contribution in [0.15, 0.2) is 53.4 Å². The van der Waals surface area contributed by atoms with Crippen molar-refractivity contribution in [1.82, 2.24) is 29.7 Å². The zero-order chi connectivity index (χ0) is 30.4. The van der Waals surface area contributed by atoms with Gasteiger partial charge in [-0.15, -0.1) is 0 Å². The fourth-order valence-electron chi connectivity index (χ4n) is 6.60. The van der Waals surface area contributed by atoms with E-state index in [-0.39, 0.29) is 0 Å². The number of nitrogens with zero attached hydrogens (tertiary/aromatic N) is 7. The van der Waals surface area contributed by atoms with Crippen LogP contribution in [0.3, 0.4) is 0 Å². The number of nitrogens with one attached hydrogen (secondary N) is 2. The van der Waals surface area contributed by atoms with Gasteiger partial charge in [-0.25, -0.2) is 4.98 Å². The Labute approximate surface area is 265 Å². The molecule has 2 saturated heterocycles. The number of piperidine rings is 1. The van der Waals surface area contributed by atoms with Gasteiger partial charge in [0.1, 0.15) is 30.8 Å². The summed E-state index contributed by atoms with van der Waals surface area (Å²) in [5.74, 6) is 1.84. The molecule has 2 N–H and O–H groups in total. The quantitative estimate of drug-likeness (QED) is 0.272. The van der Waals surface area contributed by atoms with Crippen LogP contribution in [-0.2, 0) is 4.57 Å². The molecule has 1 atom stereocenters. The molecule has 11 nitrogen and oxygen atoms in total. The average Bonchev–Trinajstić information content (AvgIpc) is 3.02. The normalized spacial score (nSPS) is 19.7. The Morgan fingerprint density at radius 1 is 0.977 bits per heavy atom. The van der Waals surface area contributed by atoms with Gasteiger partial charge in [-0.2, -0.15) is 4.98 Å². The first-order chi connectivity index (χ1) is 21.2. The summed E-state index contributed by atoms with van der Waals surface area (Å²) in [5, 5.41) is 7.34. The molecule has 0 unspecified atom stereocenters. The van der Waals surface area contributed by atoms with E-state index in [9.17, 15) is 4.57 Å². The Morgan fingerprint density at radius 3 is 2.61 bits per heavy atom. The molecule has 4 aromatic rings. The molecule has 7 rings (SSSR count). The number of halogens is 1. The maximum Gasteiger partial charge on any atom is 0.229 e. The molecule has 2 fully saturated rings. The average molecular weight is 679 g/mol. The first-order valence-corrected chi connectivity index (χ1v) is 18.4. The van der Waals surface area contributed by atoms with Crippen LogP contribution >= 0.6 is 23.1 Å². The van der Waals surface area contributed by atoms with Crippen LogP contribution in [-0.4, -0.2) is 102 Å². The van der Waals surface area contributed by atoms with E-state index in [4.69, 9.17) is 9.72 Å². The maximum atomic E-state index is 13.4. The number of rotatable bonds is 6. The Kier molecular flexibility index (Phi) is 7.95. The molecule has 0 aliphatic carbocycles. The first-order valence-electron chi connectivity index (χ1n) is 15.0. The van der Waals surface area contributed by atoms with Gasteiger partial charge < -0.3 is 29.7 Å². The third-order valence-corrected chi connectivity index (χ3v) is 10.9. The van der Waals surface area contributed by atoms with E-state index in [1.165, 1.54) is 25.9 Å². The second kappa shape index (κ2) is 11.9. The lowest BCUT2D eigenvalue weighted by molar-refractivity contribution is 0.0868. The van der Waals surface area contributed by atoms with Crippen molar-refractivity contribution in [3.8, 4) is 5.75 Å². The number of piperazine rings is 1. The summed E-state index contributed by atoms with van der Waals surface area (Å²) < 4.78 is 20.3. The van der Waals surface area contributed by atoms with Crippen LogP contribution < -0.4 is 25.6 Å². The van der Waals surface area contributed by atoms with E-state index in [2.05, 4.69) is 75.4 Å². The third-order valence-electron chi connectivity index (χ3n) is 8.82. The van der Waals surface area contributed by atoms with Gasteiger partial charge in [-0.1, -0.05) is 0 Å². The molecule has 0 radical (unpaired) electrons. The summed E-state index contributed by atoms with van der Waals surface area (Å²) in [4.78, 5) is 25.7. The predicted molar refractivity (Wildman–Crippen MR) is 180 cm³/mol. The van der Waals surface area contributed by atoms with Gasteiger partial charge in [0.25, 0.3) is 0 Å². The monoisotopic (exact) mass is 677 g/mol. The van der Waals surface area contributed by atoms with Crippen molar-refractivity contribution >= 4 is 68.2 Å². The van der Waals surface area contributed by atoms with Crippen LogP contribution in [0.1, 0.15) is 12.8 Å². The highest BCUT2D eigenvalue weighted by Crippen LogP contribution is 2.42. The Hall–Kier alpha value is -3.31. The van der Waals surface area contributed by atoms with Crippen molar-refractivity contribution in [3.05, 3.63) is 53.4 Å². The maximum absolute atomic E-state index is 13.4. The molecule has 3 aliphatic rings. The molecule has 13 heteroatoms. The van der Waals surface area contributed by atoms with E-state index >= 15 is 0 Å². The lowest BCUT2D eigenvalue weighted by Crippen LogP contribution is -2.60. The molecule has 0 bridgehead atoms. The second-order valence-electron chi connectivity index (χ2n) is 12.2. The fraction of sp³-hybridized carbons (Fsp3) is 0.419.